The zero-order chi connectivity index (χ0) is 22.5. The Bertz CT molecular complexity index is 956. The minimum atomic E-state index is -4.92. The van der Waals surface area contributed by atoms with Crippen molar-refractivity contribution >= 4 is 34.6 Å². The van der Waals surface area contributed by atoms with Gasteiger partial charge in [-0.3, -0.25) is 14.9 Å². The van der Waals surface area contributed by atoms with Gasteiger partial charge in [0.05, 0.1) is 16.2 Å². The maximum absolute atomic E-state index is 13.2. The molecule has 0 atom stereocenters. The summed E-state index contributed by atoms with van der Waals surface area (Å²) in [4.78, 5) is 35.3. The molecule has 0 unspecified atom stereocenters. The highest BCUT2D eigenvalue weighted by Gasteiger charge is 2.35. The molecule has 30 heavy (non-hydrogen) atoms. The van der Waals surface area contributed by atoms with E-state index >= 15 is 0 Å². The number of amides is 1. The summed E-state index contributed by atoms with van der Waals surface area (Å²) in [6.45, 7) is 3.16. The molecule has 2 aromatic rings. The average Bonchev–Trinajstić information content (AvgIpc) is 3.08. The Balaban J connectivity index is 2.08. The number of nitrogens with one attached hydrogen (secondary N) is 1. The Hall–Kier alpha value is -2.95. The summed E-state index contributed by atoms with van der Waals surface area (Å²) in [6, 6.07) is 3.64. The lowest BCUT2D eigenvalue weighted by Gasteiger charge is -2.13. The number of nitrogens with zero attached hydrogens (tertiary/aromatic N) is 1. The standard InChI is InChI=1S/C19H19F3N2O5S/c1-3-5-15-11(4-2)8-16(30-15)18(26)29-10-17(25)23-14-7-6-12(24(27)28)9-13(14)19(20,21)22/h6-9H,3-5,10H2,1-2H3,(H,23,25). The molecule has 1 aromatic carbocycles. The van der Waals surface area contributed by atoms with Crippen molar-refractivity contribution in [1.82, 2.24) is 0 Å². The van der Waals surface area contributed by atoms with Gasteiger partial charge in [-0.25, -0.2) is 4.79 Å². The smallest absolute Gasteiger partial charge is 0.418 e. The molecule has 0 bridgehead atoms. The van der Waals surface area contributed by atoms with Gasteiger partial charge in [-0.2, -0.15) is 13.2 Å². The number of non-ortho nitro benzene ring substituents is 1. The summed E-state index contributed by atoms with van der Waals surface area (Å²) in [7, 11) is 0. The lowest BCUT2D eigenvalue weighted by molar-refractivity contribution is -0.385. The number of thiophene rings is 1. The molecule has 2 rings (SSSR count). The second-order valence-electron chi connectivity index (χ2n) is 6.27. The topological polar surface area (TPSA) is 98.5 Å². The summed E-state index contributed by atoms with van der Waals surface area (Å²) >= 11 is 1.26. The number of carbonyl (C=O) groups is 2. The first-order valence-corrected chi connectivity index (χ1v) is 9.82. The number of nitro groups is 1. The summed E-state index contributed by atoms with van der Waals surface area (Å²) in [5.74, 6) is -1.74. The van der Waals surface area contributed by atoms with Gasteiger partial charge in [0, 0.05) is 17.0 Å². The number of alkyl halides is 3. The molecule has 0 aliphatic heterocycles. The van der Waals surface area contributed by atoms with Crippen molar-refractivity contribution in [3.63, 3.8) is 0 Å². The van der Waals surface area contributed by atoms with Crippen LogP contribution in [0.4, 0.5) is 24.5 Å². The van der Waals surface area contributed by atoms with Gasteiger partial charge in [0.25, 0.3) is 11.6 Å². The van der Waals surface area contributed by atoms with E-state index in [0.717, 1.165) is 41.8 Å². The highest BCUT2D eigenvalue weighted by Crippen LogP contribution is 2.37. The van der Waals surface area contributed by atoms with E-state index in [1.807, 2.05) is 19.2 Å². The monoisotopic (exact) mass is 444 g/mol. The van der Waals surface area contributed by atoms with Crippen molar-refractivity contribution in [2.45, 2.75) is 39.3 Å². The van der Waals surface area contributed by atoms with E-state index in [9.17, 15) is 32.9 Å². The van der Waals surface area contributed by atoms with E-state index in [0.29, 0.717) is 10.9 Å². The molecule has 0 aliphatic rings. The Morgan fingerprint density at radius 3 is 2.50 bits per heavy atom. The Morgan fingerprint density at radius 2 is 1.93 bits per heavy atom. The maximum atomic E-state index is 13.2. The predicted octanol–water partition coefficient (Wildman–Crippen LogP) is 4.99. The minimum absolute atomic E-state index is 0.314. The van der Waals surface area contributed by atoms with Gasteiger partial charge in [-0.15, -0.1) is 11.3 Å². The number of hydrogen-bond acceptors (Lipinski definition) is 6. The van der Waals surface area contributed by atoms with E-state index in [1.165, 1.54) is 11.3 Å². The maximum Gasteiger partial charge on any atom is 0.418 e. The molecule has 1 heterocycles. The van der Waals surface area contributed by atoms with Gasteiger partial charge in [0.1, 0.15) is 4.88 Å². The van der Waals surface area contributed by atoms with Crippen molar-refractivity contribution < 1.29 is 32.4 Å². The zero-order valence-electron chi connectivity index (χ0n) is 16.2. The molecular formula is C19H19F3N2O5S. The Kier molecular flexibility index (Phi) is 7.54. The molecule has 0 saturated heterocycles. The van der Waals surface area contributed by atoms with E-state index in [-0.39, 0.29) is 0 Å². The number of carbonyl (C=O) groups excluding carboxylic acids is 2. The van der Waals surface area contributed by atoms with E-state index < -0.39 is 46.5 Å². The predicted molar refractivity (Wildman–Crippen MR) is 105 cm³/mol. The third kappa shape index (κ3) is 5.78. The molecule has 1 N–H and O–H groups in total. The minimum Gasteiger partial charge on any atom is -0.451 e. The quantitative estimate of drug-likeness (QED) is 0.352. The van der Waals surface area contributed by atoms with Gasteiger partial charge < -0.3 is 10.1 Å². The second-order valence-corrected chi connectivity index (χ2v) is 7.41. The van der Waals surface area contributed by atoms with E-state index in [2.05, 4.69) is 0 Å². The summed E-state index contributed by atoms with van der Waals surface area (Å²) in [6.07, 6.45) is -2.47. The molecule has 0 radical (unpaired) electrons. The zero-order valence-corrected chi connectivity index (χ0v) is 17.0. The second kappa shape index (κ2) is 9.70. The van der Waals surface area contributed by atoms with Crippen molar-refractivity contribution in [2.24, 2.45) is 0 Å². The molecule has 0 saturated carbocycles. The van der Waals surface area contributed by atoms with E-state index in [4.69, 9.17) is 4.74 Å². The normalized spacial score (nSPS) is 11.2. The van der Waals surface area contributed by atoms with Crippen LogP contribution in [-0.2, 0) is 28.5 Å². The number of anilines is 1. The summed E-state index contributed by atoms with van der Waals surface area (Å²) in [5, 5.41) is 12.7. The largest absolute Gasteiger partial charge is 0.451 e. The van der Waals surface area contributed by atoms with Gasteiger partial charge in [-0.1, -0.05) is 20.3 Å². The number of nitro benzene ring substituents is 1. The lowest BCUT2D eigenvalue weighted by Crippen LogP contribution is -2.22. The van der Waals surface area contributed by atoms with Crippen LogP contribution in [0.1, 0.15) is 45.9 Å². The van der Waals surface area contributed by atoms with Crippen LogP contribution in [0.15, 0.2) is 24.3 Å². The Morgan fingerprint density at radius 1 is 1.23 bits per heavy atom. The Labute approximate surface area is 174 Å². The van der Waals surface area contributed by atoms with Crippen LogP contribution in [0, 0.1) is 10.1 Å². The average molecular weight is 444 g/mol. The van der Waals surface area contributed by atoms with Crippen molar-refractivity contribution in [1.29, 1.82) is 0 Å². The van der Waals surface area contributed by atoms with Gasteiger partial charge in [0.2, 0.25) is 0 Å². The van der Waals surface area contributed by atoms with Crippen LogP contribution in [0.5, 0.6) is 0 Å². The fourth-order valence-corrected chi connectivity index (χ4v) is 3.93. The number of rotatable bonds is 8. The van der Waals surface area contributed by atoms with Crippen molar-refractivity contribution in [3.05, 3.63) is 55.3 Å². The molecule has 0 spiro atoms. The SMILES string of the molecule is CCCc1sc(C(=O)OCC(=O)Nc2ccc([N+](=O)[O-])cc2C(F)(F)F)cc1CC. The first-order valence-electron chi connectivity index (χ1n) is 9.01. The van der Waals surface area contributed by atoms with Gasteiger partial charge in [0.15, 0.2) is 6.61 Å². The molecule has 1 amide bonds. The van der Waals surface area contributed by atoms with Gasteiger partial charge >= 0.3 is 12.1 Å². The number of hydrogen-bond donors (Lipinski definition) is 1. The molecule has 7 nitrogen and oxygen atoms in total. The number of halogens is 3. The summed E-state index contributed by atoms with van der Waals surface area (Å²) < 4.78 is 44.4. The van der Waals surface area contributed by atoms with Crippen LogP contribution < -0.4 is 5.32 Å². The highest BCUT2D eigenvalue weighted by atomic mass is 32.1. The summed E-state index contributed by atoms with van der Waals surface area (Å²) in [5.41, 5.74) is -1.78. The highest BCUT2D eigenvalue weighted by molar-refractivity contribution is 7.14. The molecule has 11 heteroatoms. The number of benzene rings is 1. The number of esters is 1. The number of aryl methyl sites for hydroxylation is 2. The van der Waals surface area contributed by atoms with Crippen molar-refractivity contribution in [3.8, 4) is 0 Å². The lowest BCUT2D eigenvalue weighted by atomic mass is 10.1. The molecular weight excluding hydrogens is 425 g/mol. The molecule has 0 aliphatic carbocycles. The van der Waals surface area contributed by atoms with Crippen LogP contribution in [-0.4, -0.2) is 23.4 Å². The fourth-order valence-electron chi connectivity index (χ4n) is 2.68. The van der Waals surface area contributed by atoms with Crippen LogP contribution in [0.3, 0.4) is 0 Å². The third-order valence-corrected chi connectivity index (χ3v) is 5.30. The molecule has 1 aromatic heterocycles. The third-order valence-electron chi connectivity index (χ3n) is 4.08. The first kappa shape index (κ1) is 23.3. The fraction of sp³-hybridized carbons (Fsp3) is 0.368. The van der Waals surface area contributed by atoms with Gasteiger partial charge in [-0.05, 0) is 30.5 Å². The number of ether oxygens (including phenoxy) is 1. The van der Waals surface area contributed by atoms with E-state index in [1.54, 1.807) is 6.07 Å². The first-order chi connectivity index (χ1) is 14.1. The molecule has 0 fully saturated rings. The van der Waals surface area contributed by atoms with Crippen LogP contribution >= 0.6 is 11.3 Å². The van der Waals surface area contributed by atoms with Crippen LogP contribution in [0.25, 0.3) is 0 Å². The van der Waals surface area contributed by atoms with Crippen molar-refractivity contribution in [2.75, 3.05) is 11.9 Å². The van der Waals surface area contributed by atoms with Crippen LogP contribution in [0.2, 0.25) is 0 Å². The molecule has 162 valence electrons.